The Labute approximate surface area is 168 Å². The highest BCUT2D eigenvalue weighted by atomic mass is 14.4. The Morgan fingerprint density at radius 2 is 1.67 bits per heavy atom. The minimum absolute atomic E-state index is 0.858. The molecule has 2 fully saturated rings. The second-order valence-corrected chi connectivity index (χ2v) is 10.3. The van der Waals surface area contributed by atoms with Gasteiger partial charge in [-0.3, -0.25) is 0 Å². The largest absolute Gasteiger partial charge is 0.0654 e. The summed E-state index contributed by atoms with van der Waals surface area (Å²) >= 11 is 0. The molecule has 4 rings (SSSR count). The van der Waals surface area contributed by atoms with Crippen molar-refractivity contribution in [2.75, 3.05) is 0 Å². The molecule has 2 saturated carbocycles. The number of fused-ring (bicyclic) bond motifs is 2. The zero-order valence-electron chi connectivity index (χ0n) is 18.0. The predicted octanol–water partition coefficient (Wildman–Crippen LogP) is 8.08. The molecular formula is C27H42. The lowest BCUT2D eigenvalue weighted by Gasteiger charge is -2.42. The van der Waals surface area contributed by atoms with Crippen LogP contribution >= 0.6 is 0 Å². The van der Waals surface area contributed by atoms with Gasteiger partial charge in [0.05, 0.1) is 0 Å². The van der Waals surface area contributed by atoms with Crippen LogP contribution in [0, 0.1) is 23.7 Å². The van der Waals surface area contributed by atoms with Crippen molar-refractivity contribution in [3.8, 4) is 0 Å². The third kappa shape index (κ3) is 4.63. The molecular weight excluding hydrogens is 324 g/mol. The molecule has 0 amide bonds. The maximum atomic E-state index is 2.63. The lowest BCUT2D eigenvalue weighted by Crippen LogP contribution is -2.30. The van der Waals surface area contributed by atoms with E-state index >= 15 is 0 Å². The van der Waals surface area contributed by atoms with Gasteiger partial charge in [-0.15, -0.1) is 0 Å². The molecule has 0 heterocycles. The molecule has 1 aromatic carbocycles. The molecule has 27 heavy (non-hydrogen) atoms. The maximum absolute atomic E-state index is 2.63. The Bertz CT molecular complexity index is 600. The van der Waals surface area contributed by atoms with Gasteiger partial charge in [-0.25, -0.2) is 0 Å². The summed E-state index contributed by atoms with van der Waals surface area (Å²) in [4.78, 5) is 0. The molecule has 0 bridgehead atoms. The number of unbranched alkanes of at least 4 members (excludes halogenated alkanes) is 2. The molecule has 5 atom stereocenters. The van der Waals surface area contributed by atoms with E-state index in [1.165, 1.54) is 83.5 Å². The maximum Gasteiger partial charge on any atom is -0.0159 e. The van der Waals surface area contributed by atoms with Crippen LogP contribution in [0.15, 0.2) is 18.2 Å². The number of aryl methyl sites for hydroxylation is 1. The average molecular weight is 367 g/mol. The number of hydrogen-bond acceptors (Lipinski definition) is 0. The van der Waals surface area contributed by atoms with Crippen molar-refractivity contribution in [1.82, 2.24) is 0 Å². The quantitative estimate of drug-likeness (QED) is 0.446. The highest BCUT2D eigenvalue weighted by Crippen LogP contribution is 2.48. The van der Waals surface area contributed by atoms with E-state index in [1.807, 2.05) is 0 Å². The Hall–Kier alpha value is -0.780. The number of rotatable bonds is 6. The first-order chi connectivity index (χ1) is 13.3. The molecule has 3 aliphatic rings. The normalized spacial score (nSPS) is 33.3. The summed E-state index contributed by atoms with van der Waals surface area (Å²) in [5.74, 6) is 4.95. The van der Waals surface area contributed by atoms with Crippen molar-refractivity contribution in [2.45, 2.75) is 110 Å². The average Bonchev–Trinajstić information content (AvgIpc) is 2.72. The van der Waals surface area contributed by atoms with Crippen molar-refractivity contribution >= 4 is 0 Å². The highest BCUT2D eigenvalue weighted by molar-refractivity contribution is 5.36. The third-order valence-electron chi connectivity index (χ3n) is 8.55. The fraction of sp³-hybridized carbons (Fsp3) is 0.778. The standard InChI is InChI=1S/C27H42/c1-3-5-6-7-21-9-11-25-19-27(15-13-23(25)17-21)26-14-12-22-16-20(4-2)8-10-24(22)18-26/h12,14,18,20-21,23,25,27H,3-11,13,15-17,19H2,1-2H3. The predicted molar refractivity (Wildman–Crippen MR) is 117 cm³/mol. The monoisotopic (exact) mass is 366 g/mol. The van der Waals surface area contributed by atoms with Gasteiger partial charge in [0.25, 0.3) is 0 Å². The highest BCUT2D eigenvalue weighted by Gasteiger charge is 2.36. The van der Waals surface area contributed by atoms with E-state index in [-0.39, 0.29) is 0 Å². The molecule has 0 aliphatic heterocycles. The van der Waals surface area contributed by atoms with E-state index in [4.69, 9.17) is 0 Å². The molecule has 0 N–H and O–H groups in total. The fourth-order valence-electron chi connectivity index (χ4n) is 6.69. The van der Waals surface area contributed by atoms with Crippen LogP contribution in [0.2, 0.25) is 0 Å². The second-order valence-electron chi connectivity index (χ2n) is 10.3. The fourth-order valence-corrected chi connectivity index (χ4v) is 6.69. The van der Waals surface area contributed by atoms with Crippen LogP contribution < -0.4 is 0 Å². The lowest BCUT2D eigenvalue weighted by atomic mass is 9.63. The first-order valence-corrected chi connectivity index (χ1v) is 12.4. The van der Waals surface area contributed by atoms with Crippen LogP contribution in [-0.2, 0) is 12.8 Å². The van der Waals surface area contributed by atoms with Gasteiger partial charge in [0, 0.05) is 0 Å². The Balaban J connectivity index is 1.34. The topological polar surface area (TPSA) is 0 Å². The van der Waals surface area contributed by atoms with Crippen LogP contribution in [0.5, 0.6) is 0 Å². The Morgan fingerprint density at radius 1 is 0.815 bits per heavy atom. The van der Waals surface area contributed by atoms with Crippen LogP contribution in [0.25, 0.3) is 0 Å². The molecule has 5 unspecified atom stereocenters. The molecule has 0 spiro atoms. The van der Waals surface area contributed by atoms with Crippen LogP contribution in [0.3, 0.4) is 0 Å². The van der Waals surface area contributed by atoms with Gasteiger partial charge in [0.15, 0.2) is 0 Å². The van der Waals surface area contributed by atoms with E-state index in [0.717, 1.165) is 29.6 Å². The summed E-state index contributed by atoms with van der Waals surface area (Å²) in [5, 5.41) is 0. The first-order valence-electron chi connectivity index (χ1n) is 12.4. The smallest absolute Gasteiger partial charge is 0.0159 e. The van der Waals surface area contributed by atoms with Crippen molar-refractivity contribution in [3.63, 3.8) is 0 Å². The molecule has 0 saturated heterocycles. The van der Waals surface area contributed by atoms with Crippen LogP contribution in [-0.4, -0.2) is 0 Å². The summed E-state index contributed by atoms with van der Waals surface area (Å²) in [6.45, 7) is 4.70. The summed E-state index contributed by atoms with van der Waals surface area (Å²) in [5.41, 5.74) is 5.05. The van der Waals surface area contributed by atoms with Crippen LogP contribution in [0.1, 0.15) is 114 Å². The molecule has 0 radical (unpaired) electrons. The van der Waals surface area contributed by atoms with E-state index in [2.05, 4.69) is 32.0 Å². The third-order valence-corrected chi connectivity index (χ3v) is 8.55. The summed E-state index contributed by atoms with van der Waals surface area (Å²) in [6.07, 6.45) is 20.3. The van der Waals surface area contributed by atoms with Gasteiger partial charge in [0.1, 0.15) is 0 Å². The van der Waals surface area contributed by atoms with Gasteiger partial charge < -0.3 is 0 Å². The van der Waals surface area contributed by atoms with E-state index in [1.54, 1.807) is 23.1 Å². The Kier molecular flexibility index (Phi) is 6.62. The SMILES string of the molecule is CCCCCC1CCC2CC(c3ccc4c(c3)CCC(CC)C4)CCC2C1. The molecule has 3 aliphatic carbocycles. The van der Waals surface area contributed by atoms with E-state index in [0.29, 0.717) is 0 Å². The minimum atomic E-state index is 0.858. The molecule has 0 nitrogen and oxygen atoms in total. The second kappa shape index (κ2) is 9.15. The molecule has 1 aromatic rings. The van der Waals surface area contributed by atoms with Crippen molar-refractivity contribution in [1.29, 1.82) is 0 Å². The van der Waals surface area contributed by atoms with Crippen LogP contribution in [0.4, 0.5) is 0 Å². The van der Waals surface area contributed by atoms with Crippen molar-refractivity contribution < 1.29 is 0 Å². The first kappa shape index (κ1) is 19.5. The molecule has 0 aromatic heterocycles. The van der Waals surface area contributed by atoms with Gasteiger partial charge in [-0.2, -0.15) is 0 Å². The number of benzene rings is 1. The minimum Gasteiger partial charge on any atom is -0.0654 e. The van der Waals surface area contributed by atoms with Gasteiger partial charge in [-0.05, 0) is 97.6 Å². The lowest BCUT2D eigenvalue weighted by molar-refractivity contribution is 0.113. The Morgan fingerprint density at radius 3 is 2.52 bits per heavy atom. The summed E-state index contributed by atoms with van der Waals surface area (Å²) in [7, 11) is 0. The van der Waals surface area contributed by atoms with Crippen molar-refractivity contribution in [3.05, 3.63) is 34.9 Å². The summed E-state index contributed by atoms with van der Waals surface area (Å²) < 4.78 is 0. The van der Waals surface area contributed by atoms with Gasteiger partial charge in [-0.1, -0.05) is 70.6 Å². The summed E-state index contributed by atoms with van der Waals surface area (Å²) in [6, 6.07) is 7.64. The molecule has 0 heteroatoms. The van der Waals surface area contributed by atoms with Crippen molar-refractivity contribution in [2.24, 2.45) is 23.7 Å². The van der Waals surface area contributed by atoms with Gasteiger partial charge >= 0.3 is 0 Å². The molecule has 150 valence electrons. The van der Waals surface area contributed by atoms with Gasteiger partial charge in [0.2, 0.25) is 0 Å². The number of hydrogen-bond donors (Lipinski definition) is 0. The van der Waals surface area contributed by atoms with E-state index < -0.39 is 0 Å². The zero-order chi connectivity index (χ0) is 18.6. The zero-order valence-corrected chi connectivity index (χ0v) is 18.0. The van der Waals surface area contributed by atoms with E-state index in [9.17, 15) is 0 Å².